The minimum Gasteiger partial charge on any atom is -0.486 e. The van der Waals surface area contributed by atoms with Gasteiger partial charge in [0, 0.05) is 6.42 Å². The summed E-state index contributed by atoms with van der Waals surface area (Å²) in [5.41, 5.74) is 0.292. The van der Waals surface area contributed by atoms with E-state index in [1.165, 1.54) is 6.39 Å². The van der Waals surface area contributed by atoms with E-state index >= 15 is 0 Å². The lowest BCUT2D eigenvalue weighted by molar-refractivity contribution is 0.0943. The number of rotatable bonds is 7. The summed E-state index contributed by atoms with van der Waals surface area (Å²) in [5, 5.41) is 9.55. The van der Waals surface area contributed by atoms with Gasteiger partial charge in [-0.15, -0.1) is 0 Å². The fraction of sp³-hybridized carbons (Fsp3) is 0.250. The van der Waals surface area contributed by atoms with Crippen LogP contribution in [0.4, 0.5) is 0 Å². The second-order valence-electron chi connectivity index (χ2n) is 4.96. The molecule has 8 nitrogen and oxygen atoms in total. The number of benzene rings is 1. The number of carbonyl (C=O) groups is 1. The van der Waals surface area contributed by atoms with Crippen LogP contribution in [0.5, 0.6) is 5.75 Å². The second-order valence-corrected chi connectivity index (χ2v) is 4.96. The molecule has 0 aliphatic carbocycles. The first kappa shape index (κ1) is 15.7. The van der Waals surface area contributed by atoms with Crippen LogP contribution in [-0.4, -0.2) is 26.1 Å². The van der Waals surface area contributed by atoms with Gasteiger partial charge in [-0.3, -0.25) is 9.89 Å². The first-order valence-corrected chi connectivity index (χ1v) is 7.54. The lowest BCUT2D eigenvalue weighted by Crippen LogP contribution is -2.24. The molecule has 0 aliphatic heterocycles. The molecule has 2 aromatic heterocycles. The molecule has 0 bridgehead atoms. The Hall–Kier alpha value is -3.16. The maximum absolute atomic E-state index is 12.1. The number of aromatic nitrogens is 4. The van der Waals surface area contributed by atoms with Crippen molar-refractivity contribution in [3.63, 3.8) is 0 Å². The third-order valence-corrected chi connectivity index (χ3v) is 3.28. The van der Waals surface area contributed by atoms with Crippen molar-refractivity contribution >= 4 is 5.91 Å². The molecule has 0 atom stereocenters. The number of hydrogen-bond donors (Lipinski definition) is 2. The van der Waals surface area contributed by atoms with Gasteiger partial charge >= 0.3 is 0 Å². The summed E-state index contributed by atoms with van der Waals surface area (Å²) in [6.07, 6.45) is 1.87. The number of aromatic amines is 1. The van der Waals surface area contributed by atoms with E-state index in [0.717, 1.165) is 5.75 Å². The molecule has 0 saturated heterocycles. The van der Waals surface area contributed by atoms with Gasteiger partial charge in [0.25, 0.3) is 5.91 Å². The maximum atomic E-state index is 12.1. The molecule has 8 heteroatoms. The van der Waals surface area contributed by atoms with Gasteiger partial charge in [-0.05, 0) is 12.1 Å². The summed E-state index contributed by atoms with van der Waals surface area (Å²) >= 11 is 0. The van der Waals surface area contributed by atoms with Gasteiger partial charge in [-0.25, -0.2) is 9.97 Å². The number of nitrogens with zero attached hydrogens (tertiary/aromatic N) is 3. The van der Waals surface area contributed by atoms with Crippen molar-refractivity contribution in [1.82, 2.24) is 25.5 Å². The van der Waals surface area contributed by atoms with Crippen LogP contribution in [0.25, 0.3) is 0 Å². The molecule has 0 aliphatic rings. The van der Waals surface area contributed by atoms with Crippen molar-refractivity contribution in [2.24, 2.45) is 0 Å². The first-order chi connectivity index (χ1) is 11.8. The Morgan fingerprint density at radius 2 is 2.17 bits per heavy atom. The van der Waals surface area contributed by atoms with E-state index < -0.39 is 0 Å². The Morgan fingerprint density at radius 3 is 2.96 bits per heavy atom. The van der Waals surface area contributed by atoms with E-state index in [1.807, 2.05) is 37.3 Å². The van der Waals surface area contributed by atoms with Gasteiger partial charge in [0.15, 0.2) is 23.7 Å². The van der Waals surface area contributed by atoms with Gasteiger partial charge in [-0.1, -0.05) is 25.1 Å². The summed E-state index contributed by atoms with van der Waals surface area (Å²) in [6, 6.07) is 9.43. The number of carbonyl (C=O) groups excluding carboxylic acids is 1. The van der Waals surface area contributed by atoms with Crippen molar-refractivity contribution in [3.05, 3.63) is 59.8 Å². The molecule has 2 heterocycles. The van der Waals surface area contributed by atoms with Crippen molar-refractivity contribution in [1.29, 1.82) is 0 Å². The number of para-hydroxylation sites is 1. The van der Waals surface area contributed by atoms with Gasteiger partial charge in [0.2, 0.25) is 0 Å². The van der Waals surface area contributed by atoms with Crippen molar-refractivity contribution in [2.45, 2.75) is 26.5 Å². The van der Waals surface area contributed by atoms with Crippen molar-refractivity contribution < 1.29 is 13.9 Å². The SMILES string of the molecule is CCc1ocnc1C(=O)NCc1n[nH]c(COc2ccccc2)n1. The van der Waals surface area contributed by atoms with Crippen molar-refractivity contribution in [2.75, 3.05) is 0 Å². The first-order valence-electron chi connectivity index (χ1n) is 7.54. The Morgan fingerprint density at radius 1 is 1.33 bits per heavy atom. The second kappa shape index (κ2) is 7.40. The zero-order chi connectivity index (χ0) is 16.8. The Labute approximate surface area is 138 Å². The van der Waals surface area contributed by atoms with Crippen LogP contribution >= 0.6 is 0 Å². The monoisotopic (exact) mass is 327 g/mol. The number of hydrogen-bond acceptors (Lipinski definition) is 6. The zero-order valence-corrected chi connectivity index (χ0v) is 13.2. The molecule has 24 heavy (non-hydrogen) atoms. The molecule has 2 N–H and O–H groups in total. The molecule has 0 fully saturated rings. The van der Waals surface area contributed by atoms with Gasteiger partial charge in [-0.2, -0.15) is 5.10 Å². The summed E-state index contributed by atoms with van der Waals surface area (Å²) in [4.78, 5) is 20.2. The highest BCUT2D eigenvalue weighted by atomic mass is 16.5. The fourth-order valence-corrected chi connectivity index (χ4v) is 2.10. The third kappa shape index (κ3) is 3.78. The number of aryl methyl sites for hydroxylation is 1. The van der Waals surface area contributed by atoms with Crippen LogP contribution in [0.3, 0.4) is 0 Å². The van der Waals surface area contributed by atoms with Crippen LogP contribution in [0, 0.1) is 0 Å². The Balaban J connectivity index is 1.52. The van der Waals surface area contributed by atoms with E-state index in [-0.39, 0.29) is 19.1 Å². The number of oxazole rings is 1. The highest BCUT2D eigenvalue weighted by molar-refractivity contribution is 5.93. The molecule has 0 saturated carbocycles. The number of amides is 1. The predicted molar refractivity (Wildman–Crippen MR) is 84.2 cm³/mol. The molecule has 0 unspecified atom stereocenters. The molecule has 3 rings (SSSR count). The lowest BCUT2D eigenvalue weighted by Gasteiger charge is -2.02. The average molecular weight is 327 g/mol. The van der Waals surface area contributed by atoms with Gasteiger partial charge < -0.3 is 14.5 Å². The number of ether oxygens (including phenoxy) is 1. The normalized spacial score (nSPS) is 10.5. The fourth-order valence-electron chi connectivity index (χ4n) is 2.10. The van der Waals surface area contributed by atoms with E-state index in [2.05, 4.69) is 25.5 Å². The van der Waals surface area contributed by atoms with Crippen molar-refractivity contribution in [3.8, 4) is 5.75 Å². The van der Waals surface area contributed by atoms with Crippen LogP contribution < -0.4 is 10.1 Å². The highest BCUT2D eigenvalue weighted by Crippen LogP contribution is 2.10. The predicted octanol–water partition coefficient (Wildman–Crippen LogP) is 1.86. The van der Waals surface area contributed by atoms with Crippen LogP contribution in [0.15, 0.2) is 41.1 Å². The highest BCUT2D eigenvalue weighted by Gasteiger charge is 2.15. The number of H-pyrrole nitrogens is 1. The summed E-state index contributed by atoms with van der Waals surface area (Å²) < 4.78 is 10.7. The van der Waals surface area contributed by atoms with Crippen LogP contribution in [-0.2, 0) is 19.6 Å². The maximum Gasteiger partial charge on any atom is 0.273 e. The zero-order valence-electron chi connectivity index (χ0n) is 13.2. The lowest BCUT2D eigenvalue weighted by atomic mass is 10.2. The minimum absolute atomic E-state index is 0.191. The summed E-state index contributed by atoms with van der Waals surface area (Å²) in [7, 11) is 0. The van der Waals surface area contributed by atoms with Gasteiger partial charge in [0.1, 0.15) is 18.1 Å². The molecular formula is C16H17N5O3. The molecule has 1 aromatic carbocycles. The van der Waals surface area contributed by atoms with E-state index in [0.29, 0.717) is 29.5 Å². The van der Waals surface area contributed by atoms with E-state index in [9.17, 15) is 4.79 Å². The van der Waals surface area contributed by atoms with Crippen LogP contribution in [0.2, 0.25) is 0 Å². The molecule has 0 radical (unpaired) electrons. The third-order valence-electron chi connectivity index (χ3n) is 3.28. The van der Waals surface area contributed by atoms with Gasteiger partial charge in [0.05, 0.1) is 6.54 Å². The smallest absolute Gasteiger partial charge is 0.273 e. The molecule has 3 aromatic rings. The topological polar surface area (TPSA) is 106 Å². The quantitative estimate of drug-likeness (QED) is 0.686. The van der Waals surface area contributed by atoms with Crippen LogP contribution in [0.1, 0.15) is 34.8 Å². The largest absolute Gasteiger partial charge is 0.486 e. The molecule has 1 amide bonds. The minimum atomic E-state index is -0.313. The van der Waals surface area contributed by atoms with E-state index in [4.69, 9.17) is 9.15 Å². The summed E-state index contributed by atoms with van der Waals surface area (Å²) in [6.45, 7) is 2.36. The summed E-state index contributed by atoms with van der Waals surface area (Å²) in [5.74, 6) is 2.05. The molecule has 124 valence electrons. The van der Waals surface area contributed by atoms with E-state index in [1.54, 1.807) is 0 Å². The average Bonchev–Trinajstić information content (AvgIpc) is 3.28. The Bertz CT molecular complexity index is 797. The number of nitrogens with one attached hydrogen (secondary N) is 2. The Kier molecular flexibility index (Phi) is 4.85. The standard InChI is InChI=1S/C16H17N5O3/c1-2-12-15(18-10-24-12)16(22)17-8-13-19-14(21-20-13)9-23-11-6-4-3-5-7-11/h3-7,10H,2,8-9H2,1H3,(H,17,22)(H,19,20,21). The molecule has 0 spiro atoms. The molecular weight excluding hydrogens is 310 g/mol.